The van der Waals surface area contributed by atoms with E-state index in [1.807, 2.05) is 61.5 Å². The van der Waals surface area contributed by atoms with Gasteiger partial charge in [0, 0.05) is 61.1 Å². The number of aromatic nitrogens is 3. The predicted octanol–water partition coefficient (Wildman–Crippen LogP) is 4.14. The van der Waals surface area contributed by atoms with Crippen LogP contribution in [0.3, 0.4) is 0 Å². The molecule has 10 nitrogen and oxygen atoms in total. The molecule has 0 saturated carbocycles. The van der Waals surface area contributed by atoms with Gasteiger partial charge in [-0.2, -0.15) is 4.98 Å². The van der Waals surface area contributed by atoms with Crippen molar-refractivity contribution in [3.8, 4) is 11.3 Å². The number of carbonyl (C=O) groups is 1. The number of likely N-dealkylation sites (tertiary alicyclic amines) is 1. The number of fused-ring (bicyclic) bond motifs is 1. The number of hydrogen-bond donors (Lipinski definition) is 4. The fraction of sp³-hybridized carbons (Fsp3) is 0.267. The second kappa shape index (κ2) is 12.7. The molecule has 4 aromatic rings. The van der Waals surface area contributed by atoms with Crippen LogP contribution in [-0.4, -0.2) is 83.6 Å². The Labute approximate surface area is 238 Å². The molecule has 11 heteroatoms. The molecule has 0 aliphatic carbocycles. The van der Waals surface area contributed by atoms with E-state index in [9.17, 15) is 9.18 Å². The highest BCUT2D eigenvalue weighted by Gasteiger charge is 2.25. The summed E-state index contributed by atoms with van der Waals surface area (Å²) in [7, 11) is 3.88. The Morgan fingerprint density at radius 1 is 1.10 bits per heavy atom. The van der Waals surface area contributed by atoms with Crippen LogP contribution in [0.1, 0.15) is 0 Å². The summed E-state index contributed by atoms with van der Waals surface area (Å²) in [4.78, 5) is 30.1. The Morgan fingerprint density at radius 2 is 1.88 bits per heavy atom. The van der Waals surface area contributed by atoms with Gasteiger partial charge in [0.25, 0.3) is 0 Å². The van der Waals surface area contributed by atoms with Crippen molar-refractivity contribution in [2.24, 2.45) is 0 Å². The fourth-order valence-electron chi connectivity index (χ4n) is 4.67. The summed E-state index contributed by atoms with van der Waals surface area (Å²) in [6, 6.07) is 17.4. The third-order valence-corrected chi connectivity index (χ3v) is 6.66. The second-order valence-corrected chi connectivity index (χ2v) is 10.2. The molecule has 41 heavy (non-hydrogen) atoms. The van der Waals surface area contributed by atoms with E-state index in [1.165, 1.54) is 6.08 Å². The number of nitrogens with two attached hydrogens (primary N) is 1. The molecule has 3 heterocycles. The Morgan fingerprint density at radius 3 is 2.63 bits per heavy atom. The molecule has 2 aromatic carbocycles. The standard InChI is InChI=1S/C30H34FN9O/c1-39(2)15-4-7-27(41)35-22-12-14-33-26(17-22)24-5-3-6-25-28(24)29(32)38-30(37-25)36-21-10-8-20(9-11-21)34-23-18-40(19-23)16-13-31/h3-12,14,17,23,34H,13,15-16,18-19H2,1-2H3,(H,33,35,41)(H3,32,36,37,38)/b7-4+. The van der Waals surface area contributed by atoms with E-state index in [0.717, 1.165) is 30.0 Å². The average molecular weight is 556 g/mol. The van der Waals surface area contributed by atoms with Crippen LogP contribution in [0.15, 0.2) is 72.9 Å². The zero-order valence-corrected chi connectivity index (χ0v) is 23.1. The van der Waals surface area contributed by atoms with Gasteiger partial charge in [-0.1, -0.05) is 18.2 Å². The molecule has 0 unspecified atom stereocenters. The maximum atomic E-state index is 12.4. The summed E-state index contributed by atoms with van der Waals surface area (Å²) in [5, 5.41) is 10.3. The third-order valence-electron chi connectivity index (χ3n) is 6.66. The Hall–Kier alpha value is -4.61. The monoisotopic (exact) mass is 555 g/mol. The van der Waals surface area contributed by atoms with Crippen LogP contribution in [0.2, 0.25) is 0 Å². The van der Waals surface area contributed by atoms with Crippen molar-refractivity contribution in [3.63, 3.8) is 0 Å². The van der Waals surface area contributed by atoms with Crippen molar-refractivity contribution in [1.29, 1.82) is 0 Å². The van der Waals surface area contributed by atoms with Gasteiger partial charge in [0.2, 0.25) is 11.9 Å². The van der Waals surface area contributed by atoms with Crippen LogP contribution in [-0.2, 0) is 4.79 Å². The van der Waals surface area contributed by atoms with Crippen molar-refractivity contribution in [2.75, 3.05) is 68.6 Å². The van der Waals surface area contributed by atoms with Crippen molar-refractivity contribution in [2.45, 2.75) is 6.04 Å². The molecule has 5 rings (SSSR count). The Bertz CT molecular complexity index is 1540. The number of nitrogens with one attached hydrogen (secondary N) is 3. The van der Waals surface area contributed by atoms with E-state index in [1.54, 1.807) is 24.4 Å². The molecule has 1 fully saturated rings. The predicted molar refractivity (Wildman–Crippen MR) is 163 cm³/mol. The molecule has 1 aliphatic rings. The number of alkyl halides is 1. The van der Waals surface area contributed by atoms with E-state index >= 15 is 0 Å². The lowest BCUT2D eigenvalue weighted by molar-refractivity contribution is -0.111. The van der Waals surface area contributed by atoms with Crippen molar-refractivity contribution < 1.29 is 9.18 Å². The normalized spacial score (nSPS) is 14.0. The highest BCUT2D eigenvalue weighted by molar-refractivity contribution is 6.02. The van der Waals surface area contributed by atoms with Gasteiger partial charge in [0.05, 0.1) is 22.6 Å². The molecule has 0 radical (unpaired) electrons. The number of amides is 1. The van der Waals surface area contributed by atoms with Gasteiger partial charge < -0.3 is 26.6 Å². The van der Waals surface area contributed by atoms with Crippen LogP contribution in [0, 0.1) is 0 Å². The quantitative estimate of drug-likeness (QED) is 0.202. The minimum Gasteiger partial charge on any atom is -0.383 e. The first-order chi connectivity index (χ1) is 19.9. The molecule has 1 aliphatic heterocycles. The Balaban J connectivity index is 1.29. The van der Waals surface area contributed by atoms with Gasteiger partial charge in [0.1, 0.15) is 12.5 Å². The summed E-state index contributed by atoms with van der Waals surface area (Å²) < 4.78 is 12.4. The SMILES string of the molecule is CN(C)C/C=C/C(=O)Nc1ccnc(-c2cccc3nc(Nc4ccc(NC5CN(CCF)C5)cc4)nc(N)c23)c1. The van der Waals surface area contributed by atoms with Gasteiger partial charge in [-0.05, 0) is 56.6 Å². The fourth-order valence-corrected chi connectivity index (χ4v) is 4.67. The first-order valence-corrected chi connectivity index (χ1v) is 13.4. The van der Waals surface area contributed by atoms with E-state index in [2.05, 4.69) is 30.8 Å². The van der Waals surface area contributed by atoms with Crippen molar-refractivity contribution in [3.05, 3.63) is 72.9 Å². The lowest BCUT2D eigenvalue weighted by atomic mass is 10.0. The number of rotatable bonds is 11. The van der Waals surface area contributed by atoms with Gasteiger partial charge in [-0.15, -0.1) is 0 Å². The molecule has 0 spiro atoms. The number of benzene rings is 2. The van der Waals surface area contributed by atoms with Gasteiger partial charge in [-0.25, -0.2) is 9.37 Å². The summed E-state index contributed by atoms with van der Waals surface area (Å²) in [6.07, 6.45) is 4.96. The summed E-state index contributed by atoms with van der Waals surface area (Å²) in [5.41, 5.74) is 11.0. The summed E-state index contributed by atoms with van der Waals surface area (Å²) in [5.74, 6) is 0.483. The number of halogens is 1. The van der Waals surface area contributed by atoms with E-state index in [-0.39, 0.29) is 12.6 Å². The second-order valence-electron chi connectivity index (χ2n) is 10.2. The first kappa shape index (κ1) is 27.9. The van der Waals surface area contributed by atoms with Gasteiger partial charge in [0.15, 0.2) is 0 Å². The maximum absolute atomic E-state index is 12.4. The van der Waals surface area contributed by atoms with E-state index < -0.39 is 0 Å². The van der Waals surface area contributed by atoms with Crippen molar-refractivity contribution in [1.82, 2.24) is 24.8 Å². The minimum atomic E-state index is -0.310. The van der Waals surface area contributed by atoms with Crippen LogP contribution in [0.5, 0.6) is 0 Å². The number of anilines is 5. The number of carbonyl (C=O) groups excluding carboxylic acids is 1. The molecule has 212 valence electrons. The third kappa shape index (κ3) is 7.13. The topological polar surface area (TPSA) is 124 Å². The zero-order chi connectivity index (χ0) is 28.8. The van der Waals surface area contributed by atoms with Crippen LogP contribution in [0.4, 0.5) is 33.2 Å². The Kier molecular flexibility index (Phi) is 8.66. The highest BCUT2D eigenvalue weighted by Crippen LogP contribution is 2.32. The van der Waals surface area contributed by atoms with E-state index in [4.69, 9.17) is 10.7 Å². The minimum absolute atomic E-state index is 0.215. The number of nitrogen functional groups attached to an aromatic ring is 1. The molecule has 1 amide bonds. The molecule has 0 atom stereocenters. The maximum Gasteiger partial charge on any atom is 0.248 e. The van der Waals surface area contributed by atoms with Crippen molar-refractivity contribution >= 4 is 45.6 Å². The molecule has 5 N–H and O–H groups in total. The first-order valence-electron chi connectivity index (χ1n) is 13.4. The van der Waals surface area contributed by atoms with E-state index in [0.29, 0.717) is 53.2 Å². The van der Waals surface area contributed by atoms with Gasteiger partial charge in [-0.3, -0.25) is 14.7 Å². The number of nitrogens with zero attached hydrogens (tertiary/aromatic N) is 5. The largest absolute Gasteiger partial charge is 0.383 e. The lowest BCUT2D eigenvalue weighted by Crippen LogP contribution is -2.55. The number of likely N-dealkylation sites (N-methyl/N-ethyl adjacent to an activating group) is 1. The highest BCUT2D eigenvalue weighted by atomic mass is 19.1. The molecule has 2 aromatic heterocycles. The van der Waals surface area contributed by atoms with Gasteiger partial charge >= 0.3 is 0 Å². The average Bonchev–Trinajstić information content (AvgIpc) is 2.92. The number of pyridine rings is 1. The van der Waals surface area contributed by atoms with Crippen LogP contribution >= 0.6 is 0 Å². The smallest absolute Gasteiger partial charge is 0.248 e. The zero-order valence-electron chi connectivity index (χ0n) is 23.1. The van der Waals surface area contributed by atoms with Crippen LogP contribution < -0.4 is 21.7 Å². The van der Waals surface area contributed by atoms with Crippen LogP contribution in [0.25, 0.3) is 22.2 Å². The molecular formula is C30H34FN9O. The molecule has 0 bridgehead atoms. The summed E-state index contributed by atoms with van der Waals surface area (Å²) in [6.45, 7) is 2.55. The lowest BCUT2D eigenvalue weighted by Gasteiger charge is -2.39. The number of hydrogen-bond acceptors (Lipinski definition) is 9. The molecule has 1 saturated heterocycles. The summed E-state index contributed by atoms with van der Waals surface area (Å²) >= 11 is 0. The molecular weight excluding hydrogens is 521 g/mol.